The van der Waals surface area contributed by atoms with E-state index in [9.17, 15) is 31.9 Å². The molecule has 0 saturated heterocycles. The quantitative estimate of drug-likeness (QED) is 0.626. The number of nitrogens with one attached hydrogen (secondary N) is 1. The molecule has 2 rings (SSSR count). The molecule has 0 atom stereocenters. The molecule has 0 aliphatic heterocycles. The van der Waals surface area contributed by atoms with Crippen molar-refractivity contribution in [3.05, 3.63) is 73.8 Å². The van der Waals surface area contributed by atoms with Crippen molar-refractivity contribution < 1.29 is 22.4 Å². The van der Waals surface area contributed by atoms with Crippen LogP contribution in [0.1, 0.15) is 16.1 Å². The van der Waals surface area contributed by atoms with Crippen molar-refractivity contribution in [2.24, 2.45) is 7.05 Å². The van der Waals surface area contributed by atoms with Gasteiger partial charge in [0.05, 0.1) is 16.3 Å². The molecule has 1 heterocycles. The molecule has 0 aliphatic rings. The lowest BCUT2D eigenvalue weighted by atomic mass is 10.1. The van der Waals surface area contributed by atoms with Gasteiger partial charge in [0.25, 0.3) is 11.5 Å². The third-order valence-electron chi connectivity index (χ3n) is 3.54. The molecule has 1 aromatic heterocycles. The van der Waals surface area contributed by atoms with E-state index in [4.69, 9.17) is 11.6 Å². The van der Waals surface area contributed by atoms with E-state index in [0.29, 0.717) is 6.07 Å². The number of rotatable bonds is 4. The second-order valence-electron chi connectivity index (χ2n) is 5.32. The van der Waals surface area contributed by atoms with Gasteiger partial charge in [-0.25, -0.2) is 13.8 Å². The van der Waals surface area contributed by atoms with Gasteiger partial charge in [-0.15, -0.1) is 6.58 Å². The van der Waals surface area contributed by atoms with Crippen molar-refractivity contribution in [1.29, 1.82) is 0 Å². The van der Waals surface area contributed by atoms with E-state index in [0.717, 1.165) is 13.1 Å². The Balaban J connectivity index is 2.74. The van der Waals surface area contributed by atoms with Gasteiger partial charge in [-0.3, -0.25) is 14.2 Å². The number of nitrogens with zero attached hydrogens (tertiary/aromatic N) is 2. The fraction of sp³-hybridized carbons (Fsp3) is 0.188. The summed E-state index contributed by atoms with van der Waals surface area (Å²) in [6.07, 6.45) is -3.59. The highest BCUT2D eigenvalue weighted by atomic mass is 35.5. The van der Waals surface area contributed by atoms with Gasteiger partial charge >= 0.3 is 11.9 Å². The zero-order valence-electron chi connectivity index (χ0n) is 13.7. The van der Waals surface area contributed by atoms with E-state index in [2.05, 4.69) is 11.9 Å². The molecule has 0 saturated carbocycles. The summed E-state index contributed by atoms with van der Waals surface area (Å²) in [7, 11) is 0.784. The van der Waals surface area contributed by atoms with Crippen LogP contribution < -0.4 is 16.6 Å². The maximum atomic E-state index is 14.3. The Labute approximate surface area is 154 Å². The molecular weight excluding hydrogens is 394 g/mol. The van der Waals surface area contributed by atoms with Crippen molar-refractivity contribution in [1.82, 2.24) is 14.5 Å². The monoisotopic (exact) mass is 405 g/mol. The highest BCUT2D eigenvalue weighted by Crippen LogP contribution is 2.27. The molecule has 27 heavy (non-hydrogen) atoms. The fourth-order valence-electron chi connectivity index (χ4n) is 2.26. The third kappa shape index (κ3) is 3.95. The van der Waals surface area contributed by atoms with E-state index in [1.807, 2.05) is 0 Å². The Hall–Kier alpha value is -2.88. The normalized spacial score (nSPS) is 11.3. The average Bonchev–Trinajstić information content (AvgIpc) is 2.56. The van der Waals surface area contributed by atoms with E-state index in [1.54, 1.807) is 0 Å². The van der Waals surface area contributed by atoms with Crippen LogP contribution in [0.5, 0.6) is 0 Å². The van der Waals surface area contributed by atoms with Gasteiger partial charge in [0.1, 0.15) is 11.5 Å². The minimum absolute atomic E-state index is 0.0594. The van der Waals surface area contributed by atoms with Gasteiger partial charge in [0.2, 0.25) is 0 Å². The molecule has 0 fully saturated rings. The summed E-state index contributed by atoms with van der Waals surface area (Å²) >= 11 is 5.81. The Morgan fingerprint density at radius 2 is 1.93 bits per heavy atom. The molecule has 0 bridgehead atoms. The first-order valence-corrected chi connectivity index (χ1v) is 7.65. The van der Waals surface area contributed by atoms with Crippen LogP contribution in [0.2, 0.25) is 5.02 Å². The van der Waals surface area contributed by atoms with E-state index in [1.165, 1.54) is 6.08 Å². The first kappa shape index (κ1) is 20.4. The SMILES string of the molecule is C=CCNC(=O)c1cc(-n2c(=O)cc(C(F)(F)F)n(C)c2=O)c(F)cc1Cl. The van der Waals surface area contributed by atoms with Gasteiger partial charge in [-0.05, 0) is 12.1 Å². The Morgan fingerprint density at radius 1 is 1.30 bits per heavy atom. The molecule has 0 spiro atoms. The second kappa shape index (κ2) is 7.39. The highest BCUT2D eigenvalue weighted by molar-refractivity contribution is 6.34. The van der Waals surface area contributed by atoms with Crippen LogP contribution in [0.4, 0.5) is 17.6 Å². The number of benzene rings is 1. The third-order valence-corrected chi connectivity index (χ3v) is 3.85. The highest BCUT2D eigenvalue weighted by Gasteiger charge is 2.35. The van der Waals surface area contributed by atoms with Crippen molar-refractivity contribution in [2.45, 2.75) is 6.18 Å². The van der Waals surface area contributed by atoms with Crippen molar-refractivity contribution in [3.8, 4) is 5.69 Å². The Kier molecular flexibility index (Phi) is 5.59. The number of amides is 1. The summed E-state index contributed by atoms with van der Waals surface area (Å²) in [4.78, 5) is 36.4. The van der Waals surface area contributed by atoms with Crippen LogP contribution in [-0.4, -0.2) is 21.6 Å². The summed E-state index contributed by atoms with van der Waals surface area (Å²) in [5.74, 6) is -1.92. The lowest BCUT2D eigenvalue weighted by Crippen LogP contribution is -2.41. The molecule has 1 amide bonds. The number of hydrogen-bond donors (Lipinski definition) is 1. The topological polar surface area (TPSA) is 73.1 Å². The average molecular weight is 406 g/mol. The van der Waals surface area contributed by atoms with E-state index < -0.39 is 40.5 Å². The summed E-state index contributed by atoms with van der Waals surface area (Å²) < 4.78 is 53.3. The van der Waals surface area contributed by atoms with Crippen LogP contribution >= 0.6 is 11.6 Å². The van der Waals surface area contributed by atoms with E-state index >= 15 is 0 Å². The zero-order valence-corrected chi connectivity index (χ0v) is 14.5. The van der Waals surface area contributed by atoms with Crippen molar-refractivity contribution in [3.63, 3.8) is 0 Å². The van der Waals surface area contributed by atoms with Crippen LogP contribution in [0.15, 0.2) is 40.4 Å². The Bertz CT molecular complexity index is 1040. The first-order valence-electron chi connectivity index (χ1n) is 7.27. The second-order valence-corrected chi connectivity index (χ2v) is 5.73. The number of carbonyl (C=O) groups is 1. The zero-order chi connectivity index (χ0) is 20.5. The molecule has 144 valence electrons. The van der Waals surface area contributed by atoms with Gasteiger partial charge < -0.3 is 5.32 Å². The molecule has 2 aromatic rings. The lowest BCUT2D eigenvalue weighted by molar-refractivity contribution is -0.144. The summed E-state index contributed by atoms with van der Waals surface area (Å²) in [5, 5.41) is 2.06. The predicted molar refractivity (Wildman–Crippen MR) is 89.8 cm³/mol. The Morgan fingerprint density at radius 3 is 2.48 bits per heavy atom. The minimum atomic E-state index is -4.96. The minimum Gasteiger partial charge on any atom is -0.349 e. The smallest absolute Gasteiger partial charge is 0.349 e. The van der Waals surface area contributed by atoms with Gasteiger partial charge in [0, 0.05) is 19.7 Å². The maximum absolute atomic E-state index is 14.3. The predicted octanol–water partition coefficient (Wildman–Crippen LogP) is 2.26. The van der Waals surface area contributed by atoms with Crippen LogP contribution in [0.25, 0.3) is 5.69 Å². The van der Waals surface area contributed by atoms with Crippen LogP contribution in [0, 0.1) is 5.82 Å². The number of hydrogen-bond acceptors (Lipinski definition) is 3. The van der Waals surface area contributed by atoms with Crippen LogP contribution in [0.3, 0.4) is 0 Å². The summed E-state index contributed by atoms with van der Waals surface area (Å²) in [5.41, 5.74) is -5.32. The standard InChI is InChI=1S/C16H12ClF4N3O3/c1-3-4-22-14(26)8-5-11(10(18)6-9(8)17)24-13(25)7-12(16(19,20)21)23(2)15(24)27/h3,5-7H,1,4H2,2H3,(H,22,26). The molecular formula is C16H12ClF4N3O3. The van der Waals surface area contributed by atoms with Gasteiger partial charge in [0.15, 0.2) is 0 Å². The fourth-order valence-corrected chi connectivity index (χ4v) is 2.50. The molecule has 0 aliphatic carbocycles. The molecule has 6 nitrogen and oxygen atoms in total. The summed E-state index contributed by atoms with van der Waals surface area (Å²) in [6.45, 7) is 3.46. The molecule has 0 radical (unpaired) electrons. The number of aromatic nitrogens is 2. The number of alkyl halides is 3. The molecule has 1 aromatic carbocycles. The summed E-state index contributed by atoms with van der Waals surface area (Å²) in [6, 6.07) is 1.66. The molecule has 0 unspecified atom stereocenters. The van der Waals surface area contributed by atoms with E-state index in [-0.39, 0.29) is 32.3 Å². The molecule has 11 heteroatoms. The largest absolute Gasteiger partial charge is 0.431 e. The first-order chi connectivity index (χ1) is 12.5. The van der Waals surface area contributed by atoms with Crippen molar-refractivity contribution >= 4 is 17.5 Å². The van der Waals surface area contributed by atoms with Gasteiger partial charge in [-0.1, -0.05) is 17.7 Å². The molecule has 1 N–H and O–H groups in total. The number of carbonyl (C=O) groups excluding carboxylic acids is 1. The lowest BCUT2D eigenvalue weighted by Gasteiger charge is -2.15. The maximum Gasteiger partial charge on any atom is 0.431 e. The number of halogens is 5. The van der Waals surface area contributed by atoms with Gasteiger partial charge in [-0.2, -0.15) is 13.2 Å². The van der Waals surface area contributed by atoms with Crippen molar-refractivity contribution in [2.75, 3.05) is 6.54 Å². The van der Waals surface area contributed by atoms with Crippen LogP contribution in [-0.2, 0) is 13.2 Å².